The minimum atomic E-state index is -0.551. The average Bonchev–Trinajstić information content (AvgIpc) is 3.31. The standard InChI is InChI=1S/C27H27NO6/c1-16-24(27(30)32-11-10-31-2)25(18-8-9-22-23(14-18)34-15-33-22)26-20(28-16)12-19(13-21(26)29)17-6-4-3-5-7-17/h3-9,14,19,25,28H,10-13,15H2,1-2H3/t19-,25-/m1/s1. The van der Waals surface area contributed by atoms with Crippen LogP contribution in [0.15, 0.2) is 71.1 Å². The molecule has 0 spiro atoms. The lowest BCUT2D eigenvalue weighted by molar-refractivity contribution is -0.140. The Morgan fingerprint density at radius 1 is 1.03 bits per heavy atom. The van der Waals surface area contributed by atoms with Crippen LogP contribution in [-0.2, 0) is 19.1 Å². The van der Waals surface area contributed by atoms with Crippen LogP contribution in [0, 0.1) is 0 Å². The number of methoxy groups -OCH3 is 1. The SMILES string of the molecule is COCCOC(=O)C1=C(C)NC2=C(C(=O)C[C@H](c3ccccc3)C2)[C@@H]1c1ccc2c(c1)OCO2. The van der Waals surface area contributed by atoms with Gasteiger partial charge in [-0.2, -0.15) is 0 Å². The van der Waals surface area contributed by atoms with Crippen molar-refractivity contribution in [1.82, 2.24) is 5.32 Å². The van der Waals surface area contributed by atoms with Gasteiger partial charge in [0, 0.05) is 36.4 Å². The second-order valence-corrected chi connectivity index (χ2v) is 8.67. The highest BCUT2D eigenvalue weighted by Crippen LogP contribution is 2.47. The molecule has 0 aromatic heterocycles. The monoisotopic (exact) mass is 461 g/mol. The normalized spacial score (nSPS) is 21.3. The molecule has 0 amide bonds. The van der Waals surface area contributed by atoms with Crippen LogP contribution in [-0.4, -0.2) is 38.9 Å². The molecule has 1 N–H and O–H groups in total. The Morgan fingerprint density at radius 3 is 2.62 bits per heavy atom. The molecule has 0 saturated carbocycles. The van der Waals surface area contributed by atoms with Gasteiger partial charge in [0.1, 0.15) is 6.61 Å². The fourth-order valence-corrected chi connectivity index (χ4v) is 4.99. The maximum absolute atomic E-state index is 13.6. The van der Waals surface area contributed by atoms with E-state index < -0.39 is 11.9 Å². The van der Waals surface area contributed by atoms with Crippen LogP contribution in [0.4, 0.5) is 0 Å². The minimum absolute atomic E-state index is 0.0277. The number of allylic oxidation sites excluding steroid dienone is 3. The molecular weight excluding hydrogens is 434 g/mol. The van der Waals surface area contributed by atoms with Gasteiger partial charge in [-0.15, -0.1) is 0 Å². The van der Waals surface area contributed by atoms with Gasteiger partial charge in [-0.1, -0.05) is 36.4 Å². The highest BCUT2D eigenvalue weighted by molar-refractivity contribution is 6.04. The molecule has 2 aromatic carbocycles. The van der Waals surface area contributed by atoms with E-state index in [1.165, 1.54) is 0 Å². The minimum Gasteiger partial charge on any atom is -0.460 e. The molecule has 2 aromatic rings. The van der Waals surface area contributed by atoms with Gasteiger partial charge in [0.25, 0.3) is 0 Å². The molecule has 0 fully saturated rings. The van der Waals surface area contributed by atoms with Crippen LogP contribution >= 0.6 is 0 Å². The molecule has 34 heavy (non-hydrogen) atoms. The number of fused-ring (bicyclic) bond motifs is 1. The maximum atomic E-state index is 13.6. The van der Waals surface area contributed by atoms with E-state index in [4.69, 9.17) is 18.9 Å². The van der Waals surface area contributed by atoms with Crippen LogP contribution < -0.4 is 14.8 Å². The molecule has 3 aliphatic rings. The number of carbonyl (C=O) groups excluding carboxylic acids is 2. The first-order valence-corrected chi connectivity index (χ1v) is 11.4. The van der Waals surface area contributed by atoms with Crippen molar-refractivity contribution < 1.29 is 28.5 Å². The van der Waals surface area contributed by atoms with Crippen molar-refractivity contribution >= 4 is 11.8 Å². The molecule has 2 atom stereocenters. The number of nitrogens with one attached hydrogen (secondary N) is 1. The molecule has 5 rings (SSSR count). The van der Waals surface area contributed by atoms with Gasteiger partial charge in [0.15, 0.2) is 17.3 Å². The number of Topliss-reactive ketones (excluding diaryl/α,β-unsaturated/α-hetero) is 1. The summed E-state index contributed by atoms with van der Waals surface area (Å²) in [6.45, 7) is 2.44. The van der Waals surface area contributed by atoms with Gasteiger partial charge in [-0.3, -0.25) is 4.79 Å². The lowest BCUT2D eigenvalue weighted by atomic mass is 9.71. The van der Waals surface area contributed by atoms with Crippen LogP contribution in [0.25, 0.3) is 0 Å². The van der Waals surface area contributed by atoms with Crippen LogP contribution in [0.3, 0.4) is 0 Å². The van der Waals surface area contributed by atoms with Crippen molar-refractivity contribution in [3.05, 3.63) is 82.2 Å². The van der Waals surface area contributed by atoms with Crippen LogP contribution in [0.5, 0.6) is 11.5 Å². The fourth-order valence-electron chi connectivity index (χ4n) is 4.99. The topological polar surface area (TPSA) is 83.1 Å². The summed E-state index contributed by atoms with van der Waals surface area (Å²) >= 11 is 0. The van der Waals surface area contributed by atoms with Gasteiger partial charge >= 0.3 is 5.97 Å². The van der Waals surface area contributed by atoms with Gasteiger partial charge in [-0.25, -0.2) is 4.79 Å². The van der Waals surface area contributed by atoms with E-state index in [1.54, 1.807) is 7.11 Å². The fraction of sp³-hybridized carbons (Fsp3) is 0.333. The predicted octanol–water partition coefficient (Wildman–Crippen LogP) is 3.97. The third kappa shape index (κ3) is 4.07. The van der Waals surface area contributed by atoms with Gasteiger partial charge in [0.05, 0.1) is 12.2 Å². The van der Waals surface area contributed by atoms with Crippen molar-refractivity contribution in [2.24, 2.45) is 0 Å². The Kier molecular flexibility index (Phi) is 6.11. The number of benzene rings is 2. The molecule has 1 aliphatic carbocycles. The number of rotatable bonds is 6. The molecule has 2 aliphatic heterocycles. The Morgan fingerprint density at radius 2 is 1.82 bits per heavy atom. The summed E-state index contributed by atoms with van der Waals surface area (Å²) in [5.74, 6) is 0.351. The van der Waals surface area contributed by atoms with E-state index in [-0.39, 0.29) is 25.1 Å². The van der Waals surface area contributed by atoms with E-state index in [0.29, 0.717) is 47.8 Å². The number of ketones is 1. The summed E-state index contributed by atoms with van der Waals surface area (Å²) in [5.41, 5.74) is 4.53. The first-order chi connectivity index (χ1) is 16.6. The second-order valence-electron chi connectivity index (χ2n) is 8.67. The zero-order valence-corrected chi connectivity index (χ0v) is 19.3. The van der Waals surface area contributed by atoms with Crippen LogP contribution in [0.1, 0.15) is 42.7 Å². The average molecular weight is 462 g/mol. The summed E-state index contributed by atoms with van der Waals surface area (Å²) < 4.78 is 21.6. The smallest absolute Gasteiger partial charge is 0.336 e. The lowest BCUT2D eigenvalue weighted by Crippen LogP contribution is -2.36. The predicted molar refractivity (Wildman–Crippen MR) is 124 cm³/mol. The van der Waals surface area contributed by atoms with Crippen LogP contribution in [0.2, 0.25) is 0 Å². The van der Waals surface area contributed by atoms with Gasteiger partial charge in [0.2, 0.25) is 6.79 Å². The number of ether oxygens (including phenoxy) is 4. The van der Waals surface area contributed by atoms with Crippen molar-refractivity contribution in [3.8, 4) is 11.5 Å². The lowest BCUT2D eigenvalue weighted by Gasteiger charge is -2.36. The molecule has 7 nitrogen and oxygen atoms in total. The van der Waals surface area contributed by atoms with Gasteiger partial charge < -0.3 is 24.3 Å². The maximum Gasteiger partial charge on any atom is 0.336 e. The number of hydrogen-bond acceptors (Lipinski definition) is 7. The Labute approximate surface area is 198 Å². The zero-order valence-electron chi connectivity index (χ0n) is 19.3. The summed E-state index contributed by atoms with van der Waals surface area (Å²) in [4.78, 5) is 26.8. The molecule has 0 unspecified atom stereocenters. The summed E-state index contributed by atoms with van der Waals surface area (Å²) in [7, 11) is 1.55. The Bertz CT molecular complexity index is 1180. The summed E-state index contributed by atoms with van der Waals surface area (Å²) in [6.07, 6.45) is 1.08. The number of dihydropyridines is 1. The van der Waals surface area contributed by atoms with Gasteiger partial charge in [-0.05, 0) is 42.5 Å². The molecule has 0 radical (unpaired) electrons. The quantitative estimate of drug-likeness (QED) is 0.515. The Hall–Kier alpha value is -3.58. The summed E-state index contributed by atoms with van der Waals surface area (Å²) in [6, 6.07) is 15.6. The van der Waals surface area contributed by atoms with Crippen molar-refractivity contribution in [2.75, 3.05) is 27.1 Å². The molecular formula is C27H27NO6. The van der Waals surface area contributed by atoms with E-state index in [2.05, 4.69) is 17.4 Å². The van der Waals surface area contributed by atoms with E-state index in [0.717, 1.165) is 16.8 Å². The highest BCUT2D eigenvalue weighted by atomic mass is 16.7. The molecule has 0 saturated heterocycles. The third-order valence-electron chi connectivity index (χ3n) is 6.57. The summed E-state index contributed by atoms with van der Waals surface area (Å²) in [5, 5.41) is 3.37. The number of hydrogen-bond donors (Lipinski definition) is 1. The third-order valence-corrected chi connectivity index (χ3v) is 6.57. The second kappa shape index (κ2) is 9.35. The highest BCUT2D eigenvalue weighted by Gasteiger charge is 2.41. The first kappa shape index (κ1) is 22.2. The number of esters is 1. The zero-order chi connectivity index (χ0) is 23.7. The number of carbonyl (C=O) groups is 2. The van der Waals surface area contributed by atoms with Crippen molar-refractivity contribution in [1.29, 1.82) is 0 Å². The Balaban J connectivity index is 1.56. The molecule has 2 heterocycles. The molecule has 176 valence electrons. The largest absolute Gasteiger partial charge is 0.460 e. The van der Waals surface area contributed by atoms with E-state index >= 15 is 0 Å². The van der Waals surface area contributed by atoms with Crippen molar-refractivity contribution in [2.45, 2.75) is 31.6 Å². The molecule has 7 heteroatoms. The van der Waals surface area contributed by atoms with E-state index in [9.17, 15) is 9.59 Å². The van der Waals surface area contributed by atoms with E-state index in [1.807, 2.05) is 43.3 Å². The van der Waals surface area contributed by atoms with Crippen molar-refractivity contribution in [3.63, 3.8) is 0 Å². The molecule has 0 bridgehead atoms. The first-order valence-electron chi connectivity index (χ1n) is 11.4.